The molecule has 2 rings (SSSR count). The molecule has 0 amide bonds. The van der Waals surface area contributed by atoms with E-state index in [9.17, 15) is 0 Å². The molecule has 2 aromatic rings. The molecule has 96 valence electrons. The molecule has 18 heavy (non-hydrogen) atoms. The number of hydrogen-bond donors (Lipinski definition) is 1. The predicted molar refractivity (Wildman–Crippen MR) is 71.1 cm³/mol. The molecule has 0 radical (unpaired) electrons. The molecule has 0 aliphatic carbocycles. The number of aryl methyl sites for hydroxylation is 1. The van der Waals surface area contributed by atoms with Gasteiger partial charge in [-0.1, -0.05) is 30.3 Å². The Hall–Kier alpha value is -1.58. The maximum Gasteiger partial charge on any atom is 0.130 e. The smallest absolute Gasteiger partial charge is 0.130 e. The van der Waals surface area contributed by atoms with Crippen LogP contribution in [0.2, 0.25) is 0 Å². The van der Waals surface area contributed by atoms with Gasteiger partial charge in [0.2, 0.25) is 0 Å². The summed E-state index contributed by atoms with van der Waals surface area (Å²) in [6.07, 6.45) is 0.921. The van der Waals surface area contributed by atoms with Gasteiger partial charge in [0, 0.05) is 12.1 Å². The average Bonchev–Trinajstić information content (AvgIpc) is 2.76. The Labute approximate surface area is 108 Å². The highest BCUT2D eigenvalue weighted by Gasteiger charge is 2.05. The number of ether oxygens (including phenoxy) is 1. The van der Waals surface area contributed by atoms with Gasteiger partial charge in [0.25, 0.3) is 0 Å². The lowest BCUT2D eigenvalue weighted by Gasteiger charge is -2.02. The molecule has 0 aliphatic heterocycles. The monoisotopic (exact) mass is 245 g/mol. The zero-order valence-corrected chi connectivity index (χ0v) is 10.7. The van der Waals surface area contributed by atoms with Gasteiger partial charge in [-0.25, -0.2) is 0 Å². The number of nitrogens with two attached hydrogens (primary N) is 1. The Kier molecular flexibility index (Phi) is 4.56. The largest absolute Gasteiger partial charge is 0.464 e. The minimum absolute atomic E-state index is 0.508. The molecule has 1 aromatic heterocycles. The standard InChI is InChI=1S/C15H19NO2/c1-12-14(10-16)9-15(18-12)11-17-8-7-13-5-3-2-4-6-13/h2-6,9H,7-8,10-11,16H2,1H3. The van der Waals surface area contributed by atoms with Crippen molar-refractivity contribution >= 4 is 0 Å². The van der Waals surface area contributed by atoms with Gasteiger partial charge in [0.05, 0.1) is 6.61 Å². The molecule has 0 bridgehead atoms. The van der Waals surface area contributed by atoms with Crippen molar-refractivity contribution < 1.29 is 9.15 Å². The van der Waals surface area contributed by atoms with Crippen LogP contribution in [0.5, 0.6) is 0 Å². The van der Waals surface area contributed by atoms with E-state index in [2.05, 4.69) is 12.1 Å². The van der Waals surface area contributed by atoms with Crippen LogP contribution in [-0.2, 0) is 24.3 Å². The van der Waals surface area contributed by atoms with Crippen molar-refractivity contribution in [3.05, 3.63) is 59.0 Å². The molecule has 1 aromatic carbocycles. The minimum atomic E-state index is 0.508. The van der Waals surface area contributed by atoms with Crippen LogP contribution in [0.3, 0.4) is 0 Å². The maximum absolute atomic E-state index is 5.60. The van der Waals surface area contributed by atoms with E-state index in [1.165, 1.54) is 5.56 Å². The lowest BCUT2D eigenvalue weighted by Crippen LogP contribution is -1.98. The maximum atomic E-state index is 5.60. The van der Waals surface area contributed by atoms with Gasteiger partial charge in [-0.2, -0.15) is 0 Å². The van der Waals surface area contributed by atoms with E-state index in [4.69, 9.17) is 14.9 Å². The normalized spacial score (nSPS) is 10.8. The number of furan rings is 1. The first-order chi connectivity index (χ1) is 8.79. The molecule has 0 fully saturated rings. The third-order valence-corrected chi connectivity index (χ3v) is 2.91. The molecule has 2 N–H and O–H groups in total. The van der Waals surface area contributed by atoms with Crippen molar-refractivity contribution in [2.75, 3.05) is 6.61 Å². The van der Waals surface area contributed by atoms with Crippen LogP contribution in [0, 0.1) is 6.92 Å². The highest BCUT2D eigenvalue weighted by Crippen LogP contribution is 2.14. The van der Waals surface area contributed by atoms with Crippen molar-refractivity contribution in [2.45, 2.75) is 26.5 Å². The first-order valence-corrected chi connectivity index (χ1v) is 6.19. The second-order valence-electron chi connectivity index (χ2n) is 4.29. The first-order valence-electron chi connectivity index (χ1n) is 6.19. The number of hydrogen-bond acceptors (Lipinski definition) is 3. The van der Waals surface area contributed by atoms with E-state index in [-0.39, 0.29) is 0 Å². The zero-order chi connectivity index (χ0) is 12.8. The van der Waals surface area contributed by atoms with Gasteiger partial charge >= 0.3 is 0 Å². The second-order valence-corrected chi connectivity index (χ2v) is 4.29. The lowest BCUT2D eigenvalue weighted by atomic mass is 10.2. The number of rotatable bonds is 6. The van der Waals surface area contributed by atoms with Crippen LogP contribution in [0.25, 0.3) is 0 Å². The van der Waals surface area contributed by atoms with E-state index < -0.39 is 0 Å². The molecular weight excluding hydrogens is 226 g/mol. The fraction of sp³-hybridized carbons (Fsp3) is 0.333. The van der Waals surface area contributed by atoms with E-state index >= 15 is 0 Å². The van der Waals surface area contributed by atoms with Crippen molar-refractivity contribution in [1.82, 2.24) is 0 Å². The third kappa shape index (κ3) is 3.45. The fourth-order valence-electron chi connectivity index (χ4n) is 1.87. The van der Waals surface area contributed by atoms with E-state index in [0.717, 1.165) is 23.5 Å². The fourth-order valence-corrected chi connectivity index (χ4v) is 1.87. The summed E-state index contributed by atoms with van der Waals surface area (Å²) < 4.78 is 11.2. The minimum Gasteiger partial charge on any atom is -0.464 e. The van der Waals surface area contributed by atoms with Crippen LogP contribution in [0.1, 0.15) is 22.6 Å². The van der Waals surface area contributed by atoms with Crippen LogP contribution >= 0.6 is 0 Å². The highest BCUT2D eigenvalue weighted by atomic mass is 16.5. The van der Waals surface area contributed by atoms with Crippen LogP contribution in [-0.4, -0.2) is 6.61 Å². The van der Waals surface area contributed by atoms with Crippen LogP contribution in [0.15, 0.2) is 40.8 Å². The summed E-state index contributed by atoms with van der Waals surface area (Å²) in [5.41, 5.74) is 7.93. The Morgan fingerprint density at radius 1 is 1.22 bits per heavy atom. The topological polar surface area (TPSA) is 48.4 Å². The summed E-state index contributed by atoms with van der Waals surface area (Å²) in [6.45, 7) is 3.64. The molecule has 0 atom stereocenters. The van der Waals surface area contributed by atoms with Crippen molar-refractivity contribution in [1.29, 1.82) is 0 Å². The molecule has 1 heterocycles. The first kappa shape index (κ1) is 12.9. The molecule has 3 nitrogen and oxygen atoms in total. The average molecular weight is 245 g/mol. The van der Waals surface area contributed by atoms with Crippen molar-refractivity contribution in [3.63, 3.8) is 0 Å². The third-order valence-electron chi connectivity index (χ3n) is 2.91. The summed E-state index contributed by atoms with van der Waals surface area (Å²) in [7, 11) is 0. The van der Waals surface area contributed by atoms with Gasteiger partial charge in [-0.3, -0.25) is 0 Å². The molecule has 0 unspecified atom stereocenters. The number of benzene rings is 1. The van der Waals surface area contributed by atoms with Gasteiger partial charge in [-0.05, 0) is 25.0 Å². The Morgan fingerprint density at radius 3 is 2.67 bits per heavy atom. The van der Waals surface area contributed by atoms with Crippen LogP contribution in [0.4, 0.5) is 0 Å². The Balaban J connectivity index is 1.75. The van der Waals surface area contributed by atoms with E-state index in [1.807, 2.05) is 31.2 Å². The van der Waals surface area contributed by atoms with Gasteiger partial charge in [0.1, 0.15) is 18.1 Å². The van der Waals surface area contributed by atoms with Gasteiger partial charge < -0.3 is 14.9 Å². The highest BCUT2D eigenvalue weighted by molar-refractivity contribution is 5.20. The quantitative estimate of drug-likeness (QED) is 0.796. The molecule has 3 heteroatoms. The van der Waals surface area contributed by atoms with Crippen LogP contribution < -0.4 is 5.73 Å². The van der Waals surface area contributed by atoms with E-state index in [1.54, 1.807) is 0 Å². The van der Waals surface area contributed by atoms with Crippen molar-refractivity contribution in [2.24, 2.45) is 5.73 Å². The zero-order valence-electron chi connectivity index (χ0n) is 10.7. The summed E-state index contributed by atoms with van der Waals surface area (Å²) in [5, 5.41) is 0. The summed E-state index contributed by atoms with van der Waals surface area (Å²) in [5.74, 6) is 1.74. The van der Waals surface area contributed by atoms with E-state index in [0.29, 0.717) is 19.8 Å². The predicted octanol–water partition coefficient (Wildman–Crippen LogP) is 2.81. The van der Waals surface area contributed by atoms with Gasteiger partial charge in [-0.15, -0.1) is 0 Å². The molecule has 0 saturated heterocycles. The molecule has 0 spiro atoms. The Bertz CT molecular complexity index is 476. The van der Waals surface area contributed by atoms with Gasteiger partial charge in [0.15, 0.2) is 0 Å². The summed E-state index contributed by atoms with van der Waals surface area (Å²) in [6, 6.07) is 12.3. The SMILES string of the molecule is Cc1oc(COCCc2ccccc2)cc1CN. The Morgan fingerprint density at radius 2 is 2.00 bits per heavy atom. The van der Waals surface area contributed by atoms with Crippen molar-refractivity contribution in [3.8, 4) is 0 Å². The molecule has 0 aliphatic rings. The summed E-state index contributed by atoms with van der Waals surface area (Å²) >= 11 is 0. The molecule has 0 saturated carbocycles. The summed E-state index contributed by atoms with van der Waals surface area (Å²) in [4.78, 5) is 0. The lowest BCUT2D eigenvalue weighted by molar-refractivity contribution is 0.108. The molecular formula is C15H19NO2. The second kappa shape index (κ2) is 6.38.